The van der Waals surface area contributed by atoms with Crippen LogP contribution < -0.4 is 10.9 Å². The Morgan fingerprint density at radius 1 is 1.13 bits per heavy atom. The van der Waals surface area contributed by atoms with Crippen molar-refractivity contribution in [3.63, 3.8) is 0 Å². The summed E-state index contributed by atoms with van der Waals surface area (Å²) in [5.41, 5.74) is 9.64. The number of anilines is 1. The zero-order chi connectivity index (χ0) is 21.3. The summed E-state index contributed by atoms with van der Waals surface area (Å²) in [6.45, 7) is 3.54. The average molecular weight is 427 g/mol. The van der Waals surface area contributed by atoms with Crippen LogP contribution in [0.25, 0.3) is 21.9 Å². The van der Waals surface area contributed by atoms with E-state index in [1.165, 1.54) is 0 Å². The minimum Gasteiger partial charge on any atom is -0.382 e. The van der Waals surface area contributed by atoms with E-state index in [9.17, 15) is 8.76 Å². The lowest BCUT2D eigenvalue weighted by molar-refractivity contribution is 0.126. The molecular formula is C21H24N5O3S+. The predicted molar refractivity (Wildman–Crippen MR) is 118 cm³/mol. The summed E-state index contributed by atoms with van der Waals surface area (Å²) >= 11 is 0. The van der Waals surface area contributed by atoms with Gasteiger partial charge in [-0.3, -0.25) is 0 Å². The van der Waals surface area contributed by atoms with Crippen LogP contribution in [0.5, 0.6) is 0 Å². The van der Waals surface area contributed by atoms with Gasteiger partial charge in [-0.1, -0.05) is 30.3 Å². The number of benzene rings is 2. The van der Waals surface area contributed by atoms with E-state index in [1.807, 2.05) is 43.3 Å². The van der Waals surface area contributed by atoms with Crippen molar-refractivity contribution in [2.75, 3.05) is 12.3 Å². The van der Waals surface area contributed by atoms with Gasteiger partial charge in [0, 0.05) is 18.5 Å². The van der Waals surface area contributed by atoms with E-state index in [-0.39, 0.29) is 4.90 Å². The highest BCUT2D eigenvalue weighted by Gasteiger charge is 2.22. The van der Waals surface area contributed by atoms with Gasteiger partial charge < -0.3 is 15.0 Å². The van der Waals surface area contributed by atoms with Crippen LogP contribution in [0.1, 0.15) is 18.3 Å². The third-order valence-electron chi connectivity index (χ3n) is 5.01. The summed E-state index contributed by atoms with van der Waals surface area (Å²) < 4.78 is 28.8. The lowest BCUT2D eigenvalue weighted by Crippen LogP contribution is -2.20. The maximum absolute atomic E-state index is 11.6. The second-order valence-corrected chi connectivity index (χ2v) is 8.60. The molecule has 4 aromatic rings. The molecule has 0 bridgehead atoms. The quantitative estimate of drug-likeness (QED) is 0.389. The van der Waals surface area contributed by atoms with Crippen molar-refractivity contribution in [3.8, 4) is 0 Å². The summed E-state index contributed by atoms with van der Waals surface area (Å²) in [5, 5.41) is 6.27. The van der Waals surface area contributed by atoms with Gasteiger partial charge in [-0.15, -0.1) is 5.14 Å². The summed E-state index contributed by atoms with van der Waals surface area (Å²) in [7, 11) is -3.46. The third-order valence-corrected chi connectivity index (χ3v) is 5.96. The summed E-state index contributed by atoms with van der Waals surface area (Å²) in [4.78, 5) is 9.42. The van der Waals surface area contributed by atoms with Crippen LogP contribution in [0.4, 0.5) is 5.82 Å². The van der Waals surface area contributed by atoms with Gasteiger partial charge in [0.2, 0.25) is 4.90 Å². The second-order valence-electron chi connectivity index (χ2n) is 6.99. The molecule has 0 fully saturated rings. The molecule has 4 rings (SSSR count). The van der Waals surface area contributed by atoms with Crippen molar-refractivity contribution in [2.24, 2.45) is 5.14 Å². The Kier molecular flexibility index (Phi) is 5.52. The van der Waals surface area contributed by atoms with Gasteiger partial charge in [0.15, 0.2) is 5.82 Å². The zero-order valence-electron chi connectivity index (χ0n) is 16.6. The first kappa shape index (κ1) is 20.4. The van der Waals surface area contributed by atoms with Gasteiger partial charge in [-0.25, -0.2) is 9.97 Å². The van der Waals surface area contributed by atoms with Crippen LogP contribution >= 0.6 is 0 Å². The normalized spacial score (nSPS) is 13.7. The zero-order valence-corrected chi connectivity index (χ0v) is 17.4. The van der Waals surface area contributed by atoms with E-state index in [0.717, 1.165) is 27.8 Å². The average Bonchev–Trinajstić information content (AvgIpc) is 3.10. The molecule has 5 N–H and O–H groups in total. The molecule has 0 radical (unpaired) electrons. The van der Waals surface area contributed by atoms with E-state index in [0.29, 0.717) is 37.5 Å². The first-order chi connectivity index (χ1) is 14.4. The fourth-order valence-corrected chi connectivity index (χ4v) is 4.07. The van der Waals surface area contributed by atoms with Crippen molar-refractivity contribution >= 4 is 38.2 Å². The molecule has 1 unspecified atom stereocenters. The van der Waals surface area contributed by atoms with Gasteiger partial charge in [0.05, 0.1) is 11.0 Å². The van der Waals surface area contributed by atoms with Crippen LogP contribution in [0.3, 0.4) is 0 Å². The fraction of sp³-hybridized carbons (Fsp3) is 0.238. The van der Waals surface area contributed by atoms with E-state index in [4.69, 9.17) is 20.6 Å². The first-order valence-corrected chi connectivity index (χ1v) is 11.2. The molecule has 0 aliphatic carbocycles. The van der Waals surface area contributed by atoms with Gasteiger partial charge in [-0.05, 0) is 41.3 Å². The number of ether oxygens (including phenoxy) is 1. The molecular weight excluding hydrogens is 402 g/mol. The maximum atomic E-state index is 11.6. The van der Waals surface area contributed by atoms with E-state index in [1.54, 1.807) is 12.1 Å². The minimum absolute atomic E-state index is 0.209. The van der Waals surface area contributed by atoms with Crippen molar-refractivity contribution in [1.82, 2.24) is 14.5 Å². The van der Waals surface area contributed by atoms with E-state index >= 15 is 0 Å². The van der Waals surface area contributed by atoms with E-state index in [2.05, 4.69) is 9.55 Å². The van der Waals surface area contributed by atoms with Crippen LogP contribution in [-0.4, -0.2) is 25.7 Å². The Bertz CT molecular complexity index is 1250. The molecule has 1 atom stereocenters. The Balaban J connectivity index is 1.75. The third kappa shape index (κ3) is 3.92. The number of aryl methyl sites for hydroxylation is 2. The number of para-hydroxylation sites is 1. The summed E-state index contributed by atoms with van der Waals surface area (Å²) in [6.07, 6.45) is 0.693. The summed E-state index contributed by atoms with van der Waals surface area (Å²) in [5.74, 6) is 1.18. The second kappa shape index (κ2) is 8.11. The number of nitrogens with two attached hydrogens (primary N) is 2. The molecule has 0 saturated heterocycles. The molecule has 2 heterocycles. The Hall–Kier alpha value is -2.85. The number of nitrogens with zero attached hydrogens (tertiary/aromatic N) is 3. The smallest absolute Gasteiger partial charge is 0.320 e. The van der Waals surface area contributed by atoms with Crippen molar-refractivity contribution < 1.29 is 13.5 Å². The highest BCUT2D eigenvalue weighted by atomic mass is 32.3. The van der Waals surface area contributed by atoms with Crippen LogP contribution in [0.2, 0.25) is 0 Å². The maximum Gasteiger partial charge on any atom is 0.320 e. The standard InChI is InChI=1S/C21H23N5O3S/c1-2-29-13-18-25-19-20(16-5-3-4-6-17(16)24-21(19)22)26(18)12-11-14-7-9-15(10-8-14)30(23,27)28/h3-10H,2,11-13H2,1H3,(H4-,22,23,24,27,28)/p+1. The molecule has 156 valence electrons. The summed E-state index contributed by atoms with van der Waals surface area (Å²) in [6, 6.07) is 14.6. The topological polar surface area (TPSA) is 129 Å². The Morgan fingerprint density at radius 2 is 1.87 bits per heavy atom. The van der Waals surface area contributed by atoms with E-state index < -0.39 is 10.4 Å². The number of pyridine rings is 1. The molecule has 0 saturated carbocycles. The number of hydrogen-bond acceptors (Lipinski definition) is 5. The molecule has 8 nitrogen and oxygen atoms in total. The highest BCUT2D eigenvalue weighted by Crippen LogP contribution is 2.29. The minimum atomic E-state index is -3.46. The Morgan fingerprint density at radius 3 is 2.57 bits per heavy atom. The molecule has 30 heavy (non-hydrogen) atoms. The van der Waals surface area contributed by atoms with Crippen molar-refractivity contribution in [2.45, 2.75) is 31.4 Å². The lowest BCUT2D eigenvalue weighted by atomic mass is 10.1. The number of aromatic nitrogens is 3. The monoisotopic (exact) mass is 426 g/mol. The number of nitrogen functional groups attached to an aromatic ring is 1. The van der Waals surface area contributed by atoms with Gasteiger partial charge in [0.25, 0.3) is 0 Å². The lowest BCUT2D eigenvalue weighted by Gasteiger charge is -2.11. The first-order valence-electron chi connectivity index (χ1n) is 9.63. The van der Waals surface area contributed by atoms with Crippen molar-refractivity contribution in [1.29, 1.82) is 0 Å². The van der Waals surface area contributed by atoms with Gasteiger partial charge >= 0.3 is 10.4 Å². The number of hydrogen-bond donors (Lipinski definition) is 3. The number of rotatable bonds is 7. The van der Waals surface area contributed by atoms with Gasteiger partial charge in [-0.2, -0.15) is 4.55 Å². The number of fused-ring (bicyclic) bond motifs is 3. The molecule has 2 aromatic carbocycles. The molecule has 0 aliphatic heterocycles. The van der Waals surface area contributed by atoms with Crippen LogP contribution in [0, 0.1) is 0 Å². The fourth-order valence-electron chi connectivity index (χ4n) is 3.54. The Labute approximate surface area is 175 Å². The molecule has 0 aliphatic rings. The van der Waals surface area contributed by atoms with Crippen LogP contribution in [-0.2, 0) is 38.9 Å². The van der Waals surface area contributed by atoms with Gasteiger partial charge in [0.1, 0.15) is 17.9 Å². The number of imidazole rings is 1. The van der Waals surface area contributed by atoms with Crippen LogP contribution in [0.15, 0.2) is 53.4 Å². The SMILES string of the molecule is CCOCc1nc2c(N)nc3ccccc3c2n1CCc1ccc([S+](N)(=O)O)cc1. The molecule has 0 amide bonds. The molecule has 9 heteroatoms. The highest BCUT2D eigenvalue weighted by molar-refractivity contribution is 7.95. The largest absolute Gasteiger partial charge is 0.382 e. The predicted octanol–water partition coefficient (Wildman–Crippen LogP) is 3.15. The van der Waals surface area contributed by atoms with Crippen molar-refractivity contribution in [3.05, 3.63) is 59.9 Å². The molecule has 2 aromatic heterocycles. The molecule has 0 spiro atoms.